The van der Waals surface area contributed by atoms with Crippen LogP contribution in [0.3, 0.4) is 0 Å². The Morgan fingerprint density at radius 3 is 2.33 bits per heavy atom. The summed E-state index contributed by atoms with van der Waals surface area (Å²) in [7, 11) is 0. The number of carbonyl (C=O) groups excluding carboxylic acids is 1. The minimum Gasteiger partial charge on any atom is -0.364 e. The molecular formula is C19H17ClN2O2. The van der Waals surface area contributed by atoms with E-state index in [4.69, 9.17) is 17.3 Å². The van der Waals surface area contributed by atoms with Crippen LogP contribution in [0.4, 0.5) is 0 Å². The Kier molecular flexibility index (Phi) is 4.16. The van der Waals surface area contributed by atoms with Crippen molar-refractivity contribution in [3.8, 4) is 11.1 Å². The summed E-state index contributed by atoms with van der Waals surface area (Å²) in [6.07, 6.45) is 0. The molecule has 1 aromatic heterocycles. The maximum atomic E-state index is 12.9. The van der Waals surface area contributed by atoms with Crippen LogP contribution in [0.15, 0.2) is 53.3 Å². The average molecular weight is 341 g/mol. The Morgan fingerprint density at radius 1 is 1.08 bits per heavy atom. The Morgan fingerprint density at radius 2 is 1.75 bits per heavy atom. The Balaban J connectivity index is 2.62. The molecule has 0 fully saturated rings. The minimum absolute atomic E-state index is 0.205. The zero-order valence-electron chi connectivity index (χ0n) is 13.4. The fourth-order valence-electron chi connectivity index (χ4n) is 3.02. The second kappa shape index (κ2) is 6.13. The maximum Gasteiger partial charge on any atom is 0.266 e. The van der Waals surface area contributed by atoms with Gasteiger partial charge in [0.25, 0.3) is 11.5 Å². The van der Waals surface area contributed by atoms with Gasteiger partial charge in [-0.1, -0.05) is 41.9 Å². The largest absolute Gasteiger partial charge is 0.364 e. The number of aromatic nitrogens is 1. The molecule has 0 saturated heterocycles. The number of pyridine rings is 1. The highest BCUT2D eigenvalue weighted by Crippen LogP contribution is 2.33. The quantitative estimate of drug-likeness (QED) is 0.783. The van der Waals surface area contributed by atoms with Crippen LogP contribution < -0.4 is 11.3 Å². The van der Waals surface area contributed by atoms with Gasteiger partial charge in [0, 0.05) is 22.0 Å². The van der Waals surface area contributed by atoms with Gasteiger partial charge in [-0.15, -0.1) is 0 Å². The molecule has 0 aliphatic heterocycles. The van der Waals surface area contributed by atoms with E-state index < -0.39 is 5.91 Å². The first-order valence-corrected chi connectivity index (χ1v) is 8.02. The van der Waals surface area contributed by atoms with Gasteiger partial charge in [0.05, 0.1) is 0 Å². The summed E-state index contributed by atoms with van der Waals surface area (Å²) in [6, 6.07) is 14.3. The van der Waals surface area contributed by atoms with Crippen LogP contribution in [0, 0.1) is 0 Å². The number of benzene rings is 2. The molecule has 1 amide bonds. The fourth-order valence-corrected chi connectivity index (χ4v) is 3.19. The zero-order valence-corrected chi connectivity index (χ0v) is 14.2. The van der Waals surface area contributed by atoms with Crippen LogP contribution in [-0.2, 0) is 0 Å². The summed E-state index contributed by atoms with van der Waals surface area (Å²) < 4.78 is 1.46. The highest BCUT2D eigenvalue weighted by Gasteiger charge is 2.23. The van der Waals surface area contributed by atoms with Gasteiger partial charge in [-0.3, -0.25) is 9.59 Å². The first-order chi connectivity index (χ1) is 11.4. The number of halogens is 1. The van der Waals surface area contributed by atoms with Crippen molar-refractivity contribution in [3.63, 3.8) is 0 Å². The molecule has 4 nitrogen and oxygen atoms in total. The van der Waals surface area contributed by atoms with Crippen LogP contribution in [0.2, 0.25) is 5.02 Å². The van der Waals surface area contributed by atoms with E-state index in [1.165, 1.54) is 4.57 Å². The van der Waals surface area contributed by atoms with Crippen molar-refractivity contribution >= 4 is 28.3 Å². The summed E-state index contributed by atoms with van der Waals surface area (Å²) >= 11 is 6.14. The highest BCUT2D eigenvalue weighted by atomic mass is 35.5. The number of primary amides is 1. The average Bonchev–Trinajstić information content (AvgIpc) is 2.54. The predicted octanol–water partition coefficient (Wildman–Crippen LogP) is 4.00. The number of hydrogen-bond donors (Lipinski definition) is 1. The van der Waals surface area contributed by atoms with Gasteiger partial charge in [0.15, 0.2) is 0 Å². The van der Waals surface area contributed by atoms with Crippen molar-refractivity contribution in [1.82, 2.24) is 4.57 Å². The van der Waals surface area contributed by atoms with Gasteiger partial charge < -0.3 is 10.3 Å². The smallest absolute Gasteiger partial charge is 0.266 e. The van der Waals surface area contributed by atoms with Gasteiger partial charge in [-0.25, -0.2) is 0 Å². The topological polar surface area (TPSA) is 65.1 Å². The molecular weight excluding hydrogens is 324 g/mol. The van der Waals surface area contributed by atoms with E-state index in [1.54, 1.807) is 18.2 Å². The number of nitrogens with zero attached hydrogens (tertiary/aromatic N) is 1. The second-order valence-electron chi connectivity index (χ2n) is 5.91. The van der Waals surface area contributed by atoms with Crippen molar-refractivity contribution in [2.75, 3.05) is 0 Å². The lowest BCUT2D eigenvalue weighted by Crippen LogP contribution is -2.31. The zero-order chi connectivity index (χ0) is 17.4. The predicted molar refractivity (Wildman–Crippen MR) is 97.6 cm³/mol. The molecule has 5 heteroatoms. The molecule has 122 valence electrons. The van der Waals surface area contributed by atoms with Crippen LogP contribution in [0.5, 0.6) is 0 Å². The maximum absolute atomic E-state index is 12.9. The SMILES string of the molecule is CC(C)n1c(C(N)=O)c(-c2ccccc2)c2cc(Cl)ccc2c1=O. The number of rotatable bonds is 3. The molecule has 0 saturated carbocycles. The van der Waals surface area contributed by atoms with Gasteiger partial charge >= 0.3 is 0 Å². The normalized spacial score (nSPS) is 11.2. The third-order valence-electron chi connectivity index (χ3n) is 3.99. The standard InChI is InChI=1S/C19H17ClN2O2/c1-11(2)22-17(18(21)23)16(12-6-4-3-5-7-12)15-10-13(20)8-9-14(15)19(22)24/h3-11H,1-2H3,(H2,21,23). The van der Waals surface area contributed by atoms with E-state index in [0.717, 1.165) is 5.56 Å². The van der Waals surface area contributed by atoms with E-state index >= 15 is 0 Å². The number of fused-ring (bicyclic) bond motifs is 1. The van der Waals surface area contributed by atoms with E-state index in [2.05, 4.69) is 0 Å². The number of nitrogens with two attached hydrogens (primary N) is 1. The van der Waals surface area contributed by atoms with Crippen LogP contribution in [0.1, 0.15) is 30.4 Å². The lowest BCUT2D eigenvalue weighted by Gasteiger charge is -2.20. The van der Waals surface area contributed by atoms with Gasteiger partial charge in [0.1, 0.15) is 5.69 Å². The molecule has 1 heterocycles. The van der Waals surface area contributed by atoms with Crippen molar-refractivity contribution < 1.29 is 4.79 Å². The summed E-state index contributed by atoms with van der Waals surface area (Å²) in [6.45, 7) is 3.70. The van der Waals surface area contributed by atoms with Crippen LogP contribution in [0.25, 0.3) is 21.9 Å². The molecule has 2 aromatic carbocycles. The van der Waals surface area contributed by atoms with Crippen LogP contribution >= 0.6 is 11.6 Å². The molecule has 0 bridgehead atoms. The number of amides is 1. The fraction of sp³-hybridized carbons (Fsp3) is 0.158. The summed E-state index contributed by atoms with van der Waals surface area (Å²) in [5.74, 6) is -0.637. The summed E-state index contributed by atoms with van der Waals surface area (Å²) in [5.41, 5.74) is 7.06. The van der Waals surface area contributed by atoms with E-state index in [-0.39, 0.29) is 17.3 Å². The van der Waals surface area contributed by atoms with Crippen molar-refractivity contribution in [2.45, 2.75) is 19.9 Å². The number of carbonyl (C=O) groups is 1. The van der Waals surface area contributed by atoms with Crippen molar-refractivity contribution in [2.24, 2.45) is 5.73 Å². The highest BCUT2D eigenvalue weighted by molar-refractivity contribution is 6.31. The first kappa shape index (κ1) is 16.3. The third kappa shape index (κ3) is 2.59. The molecule has 3 rings (SSSR count). The molecule has 2 N–H and O–H groups in total. The third-order valence-corrected chi connectivity index (χ3v) is 4.23. The molecule has 0 unspecified atom stereocenters. The van der Waals surface area contributed by atoms with E-state index in [1.807, 2.05) is 44.2 Å². The van der Waals surface area contributed by atoms with Gasteiger partial charge in [-0.2, -0.15) is 0 Å². The molecule has 0 spiro atoms. The van der Waals surface area contributed by atoms with Crippen molar-refractivity contribution in [1.29, 1.82) is 0 Å². The molecule has 0 radical (unpaired) electrons. The van der Waals surface area contributed by atoms with Gasteiger partial charge in [0.2, 0.25) is 0 Å². The van der Waals surface area contributed by atoms with E-state index in [9.17, 15) is 9.59 Å². The van der Waals surface area contributed by atoms with Gasteiger partial charge in [-0.05, 0) is 43.0 Å². The molecule has 0 aliphatic carbocycles. The summed E-state index contributed by atoms with van der Waals surface area (Å²) in [4.78, 5) is 25.1. The molecule has 24 heavy (non-hydrogen) atoms. The Bertz CT molecular complexity index is 992. The van der Waals surface area contributed by atoms with Crippen molar-refractivity contribution in [3.05, 3.63) is 69.6 Å². The Labute approximate surface area is 144 Å². The minimum atomic E-state index is -0.637. The molecule has 0 aliphatic rings. The van der Waals surface area contributed by atoms with Crippen LogP contribution in [-0.4, -0.2) is 10.5 Å². The lowest BCUT2D eigenvalue weighted by atomic mass is 9.96. The lowest BCUT2D eigenvalue weighted by molar-refractivity contribution is 0.0989. The summed E-state index contributed by atoms with van der Waals surface area (Å²) in [5, 5.41) is 1.64. The number of hydrogen-bond acceptors (Lipinski definition) is 2. The molecule has 0 atom stereocenters. The first-order valence-electron chi connectivity index (χ1n) is 7.64. The second-order valence-corrected chi connectivity index (χ2v) is 6.35. The van der Waals surface area contributed by atoms with E-state index in [0.29, 0.717) is 21.4 Å². The monoisotopic (exact) mass is 340 g/mol. The Hall–Kier alpha value is -2.59. The molecule has 3 aromatic rings.